The molecule has 28 heavy (non-hydrogen) atoms. The molecule has 0 radical (unpaired) electrons. The standard InChI is InChI=1S/C22H25N3OS2/c1-16-20(28-22(24-16)19-9-11-27-15-19)21(26)23-12-18-8-5-10-25(14-18)13-17-6-3-2-4-7-17/h2-4,6-7,9,11,15,18H,5,8,10,12-14H2,1H3,(H,23,26). The molecule has 1 aliphatic rings. The van der Waals surface area contributed by atoms with E-state index in [1.807, 2.05) is 18.4 Å². The Morgan fingerprint density at radius 3 is 2.93 bits per heavy atom. The van der Waals surface area contributed by atoms with Crippen LogP contribution < -0.4 is 5.32 Å². The van der Waals surface area contributed by atoms with Crippen LogP contribution in [0.5, 0.6) is 0 Å². The van der Waals surface area contributed by atoms with Crippen molar-refractivity contribution < 1.29 is 4.79 Å². The van der Waals surface area contributed by atoms with E-state index in [1.54, 1.807) is 11.3 Å². The van der Waals surface area contributed by atoms with Gasteiger partial charge in [-0.2, -0.15) is 11.3 Å². The third-order valence-electron chi connectivity index (χ3n) is 5.17. The third-order valence-corrected chi connectivity index (χ3v) is 7.06. The summed E-state index contributed by atoms with van der Waals surface area (Å²) in [4.78, 5) is 20.5. The Labute approximate surface area is 174 Å². The highest BCUT2D eigenvalue weighted by atomic mass is 32.1. The van der Waals surface area contributed by atoms with E-state index in [-0.39, 0.29) is 5.91 Å². The number of likely N-dealkylation sites (tertiary alicyclic amines) is 1. The molecule has 1 N–H and O–H groups in total. The van der Waals surface area contributed by atoms with E-state index < -0.39 is 0 Å². The number of aromatic nitrogens is 1. The molecule has 1 aromatic carbocycles. The van der Waals surface area contributed by atoms with Gasteiger partial charge in [-0.3, -0.25) is 9.69 Å². The first-order chi connectivity index (χ1) is 13.7. The van der Waals surface area contributed by atoms with E-state index in [1.165, 1.54) is 29.7 Å². The molecule has 1 saturated heterocycles. The Morgan fingerprint density at radius 2 is 2.14 bits per heavy atom. The number of carbonyl (C=O) groups excluding carboxylic acids is 1. The van der Waals surface area contributed by atoms with Crippen molar-refractivity contribution in [1.82, 2.24) is 15.2 Å². The molecule has 1 atom stereocenters. The summed E-state index contributed by atoms with van der Waals surface area (Å²) in [6.07, 6.45) is 2.36. The highest BCUT2D eigenvalue weighted by Gasteiger charge is 2.22. The molecule has 4 rings (SSSR count). The Bertz CT molecular complexity index is 905. The summed E-state index contributed by atoms with van der Waals surface area (Å²) < 4.78 is 0. The lowest BCUT2D eigenvalue weighted by Crippen LogP contribution is -2.40. The van der Waals surface area contributed by atoms with Crippen LogP contribution in [-0.4, -0.2) is 35.4 Å². The Hall–Kier alpha value is -2.02. The number of piperidine rings is 1. The van der Waals surface area contributed by atoms with Crippen molar-refractivity contribution in [2.75, 3.05) is 19.6 Å². The molecule has 1 fully saturated rings. The first-order valence-corrected chi connectivity index (χ1v) is 11.5. The van der Waals surface area contributed by atoms with Crippen molar-refractivity contribution in [1.29, 1.82) is 0 Å². The predicted octanol–water partition coefficient (Wildman–Crippen LogP) is 4.82. The lowest BCUT2D eigenvalue weighted by molar-refractivity contribution is 0.0934. The van der Waals surface area contributed by atoms with Crippen molar-refractivity contribution in [3.63, 3.8) is 0 Å². The number of hydrogen-bond donors (Lipinski definition) is 1. The van der Waals surface area contributed by atoms with Crippen LogP contribution in [0.15, 0.2) is 47.2 Å². The number of benzene rings is 1. The van der Waals surface area contributed by atoms with E-state index in [0.717, 1.165) is 47.3 Å². The number of nitrogens with one attached hydrogen (secondary N) is 1. The summed E-state index contributed by atoms with van der Waals surface area (Å²) in [6, 6.07) is 12.7. The van der Waals surface area contributed by atoms with Crippen molar-refractivity contribution in [3.8, 4) is 10.6 Å². The van der Waals surface area contributed by atoms with E-state index >= 15 is 0 Å². The van der Waals surface area contributed by atoms with Gasteiger partial charge in [-0.1, -0.05) is 30.3 Å². The van der Waals surface area contributed by atoms with Crippen molar-refractivity contribution in [2.24, 2.45) is 5.92 Å². The summed E-state index contributed by atoms with van der Waals surface area (Å²) in [7, 11) is 0. The summed E-state index contributed by atoms with van der Waals surface area (Å²) in [5.74, 6) is 0.516. The molecule has 3 heterocycles. The monoisotopic (exact) mass is 411 g/mol. The van der Waals surface area contributed by atoms with Gasteiger partial charge in [0.15, 0.2) is 0 Å². The number of rotatable bonds is 6. The highest BCUT2D eigenvalue weighted by Crippen LogP contribution is 2.29. The quantitative estimate of drug-likeness (QED) is 0.632. The normalized spacial score (nSPS) is 17.5. The fourth-order valence-corrected chi connectivity index (χ4v) is 5.43. The van der Waals surface area contributed by atoms with Gasteiger partial charge in [0, 0.05) is 30.6 Å². The van der Waals surface area contributed by atoms with E-state index in [2.05, 4.69) is 50.9 Å². The molecular weight excluding hydrogens is 386 g/mol. The van der Waals surface area contributed by atoms with Crippen LogP contribution in [0.1, 0.15) is 33.8 Å². The average molecular weight is 412 g/mol. The van der Waals surface area contributed by atoms with Gasteiger partial charge >= 0.3 is 0 Å². The van der Waals surface area contributed by atoms with E-state index in [9.17, 15) is 4.79 Å². The first kappa shape index (κ1) is 19.3. The molecular formula is C22H25N3OS2. The maximum absolute atomic E-state index is 12.7. The second-order valence-electron chi connectivity index (χ2n) is 7.38. The van der Waals surface area contributed by atoms with Crippen LogP contribution in [0.4, 0.5) is 0 Å². The fraction of sp³-hybridized carbons (Fsp3) is 0.364. The predicted molar refractivity (Wildman–Crippen MR) is 117 cm³/mol. The van der Waals surface area contributed by atoms with Gasteiger partial charge in [0.05, 0.1) is 5.69 Å². The van der Waals surface area contributed by atoms with Crippen LogP contribution >= 0.6 is 22.7 Å². The minimum Gasteiger partial charge on any atom is -0.351 e. The summed E-state index contributed by atoms with van der Waals surface area (Å²) in [5.41, 5.74) is 3.27. The number of thiophene rings is 1. The maximum Gasteiger partial charge on any atom is 0.263 e. The molecule has 146 valence electrons. The first-order valence-electron chi connectivity index (χ1n) is 9.73. The number of nitrogens with zero attached hydrogens (tertiary/aromatic N) is 2. The second kappa shape index (κ2) is 8.99. The molecule has 0 aliphatic carbocycles. The summed E-state index contributed by atoms with van der Waals surface area (Å²) in [6.45, 7) is 5.82. The minimum atomic E-state index is 0.0108. The molecule has 1 aliphatic heterocycles. The van der Waals surface area contributed by atoms with Crippen LogP contribution in [0, 0.1) is 12.8 Å². The molecule has 4 nitrogen and oxygen atoms in total. The molecule has 1 unspecified atom stereocenters. The van der Waals surface area contributed by atoms with E-state index in [4.69, 9.17) is 0 Å². The zero-order valence-corrected chi connectivity index (χ0v) is 17.7. The molecule has 0 bridgehead atoms. The van der Waals surface area contributed by atoms with Gasteiger partial charge in [0.2, 0.25) is 0 Å². The van der Waals surface area contributed by atoms with Gasteiger partial charge < -0.3 is 5.32 Å². The molecule has 0 spiro atoms. The van der Waals surface area contributed by atoms with Gasteiger partial charge in [-0.25, -0.2) is 4.98 Å². The zero-order chi connectivity index (χ0) is 19.3. The van der Waals surface area contributed by atoms with Crippen molar-refractivity contribution in [3.05, 3.63) is 63.3 Å². The number of thiazole rings is 1. The Morgan fingerprint density at radius 1 is 1.29 bits per heavy atom. The average Bonchev–Trinajstić information content (AvgIpc) is 3.37. The SMILES string of the molecule is Cc1nc(-c2ccsc2)sc1C(=O)NCC1CCCN(Cc2ccccc2)C1. The van der Waals surface area contributed by atoms with Crippen LogP contribution in [0.25, 0.3) is 10.6 Å². The van der Waals surface area contributed by atoms with Gasteiger partial charge in [0.1, 0.15) is 9.88 Å². The van der Waals surface area contributed by atoms with Crippen LogP contribution in [0.2, 0.25) is 0 Å². The molecule has 6 heteroatoms. The number of amides is 1. The molecule has 2 aromatic heterocycles. The topological polar surface area (TPSA) is 45.2 Å². The third kappa shape index (κ3) is 4.69. The number of aryl methyl sites for hydroxylation is 1. The number of carbonyl (C=O) groups is 1. The summed E-state index contributed by atoms with van der Waals surface area (Å²) >= 11 is 3.14. The Kier molecular flexibility index (Phi) is 6.20. The second-order valence-corrected chi connectivity index (χ2v) is 9.16. The number of hydrogen-bond acceptors (Lipinski definition) is 5. The van der Waals surface area contributed by atoms with Gasteiger partial charge in [-0.05, 0) is 49.2 Å². The zero-order valence-electron chi connectivity index (χ0n) is 16.1. The largest absolute Gasteiger partial charge is 0.351 e. The smallest absolute Gasteiger partial charge is 0.263 e. The van der Waals surface area contributed by atoms with Crippen LogP contribution in [0.3, 0.4) is 0 Å². The molecule has 1 amide bonds. The summed E-state index contributed by atoms with van der Waals surface area (Å²) in [5, 5.41) is 8.20. The van der Waals surface area contributed by atoms with Crippen LogP contribution in [-0.2, 0) is 6.54 Å². The molecule has 3 aromatic rings. The minimum absolute atomic E-state index is 0.0108. The fourth-order valence-electron chi connectivity index (χ4n) is 3.74. The van der Waals surface area contributed by atoms with Crippen molar-refractivity contribution in [2.45, 2.75) is 26.3 Å². The lowest BCUT2D eigenvalue weighted by Gasteiger charge is -2.32. The van der Waals surface area contributed by atoms with Gasteiger partial charge in [-0.15, -0.1) is 11.3 Å². The highest BCUT2D eigenvalue weighted by molar-refractivity contribution is 7.17. The lowest BCUT2D eigenvalue weighted by atomic mass is 9.97. The van der Waals surface area contributed by atoms with E-state index in [0.29, 0.717) is 5.92 Å². The van der Waals surface area contributed by atoms with Crippen molar-refractivity contribution >= 4 is 28.6 Å². The molecule has 0 saturated carbocycles. The Balaban J connectivity index is 1.32. The van der Waals surface area contributed by atoms with Gasteiger partial charge in [0.25, 0.3) is 5.91 Å². The maximum atomic E-state index is 12.7.